The number of halogens is 1. The first-order chi connectivity index (χ1) is 14.1. The van der Waals surface area contributed by atoms with Crippen molar-refractivity contribution in [2.45, 2.75) is 18.2 Å². The first kappa shape index (κ1) is 22.7. The highest BCUT2D eigenvalue weighted by molar-refractivity contribution is 7.90. The maximum absolute atomic E-state index is 13.3. The Morgan fingerprint density at radius 2 is 1.80 bits per heavy atom. The topological polar surface area (TPSA) is 70.6 Å². The molecule has 0 aliphatic heterocycles. The number of anilines is 1. The second-order valence-electron chi connectivity index (χ2n) is 7.48. The van der Waals surface area contributed by atoms with Crippen LogP contribution in [0, 0.1) is 6.92 Å². The molecular formula is C21H24ClN3O3S2. The minimum Gasteiger partial charge on any atom is -0.309 e. The first-order valence-electron chi connectivity index (χ1n) is 9.39. The number of sulfone groups is 1. The summed E-state index contributed by atoms with van der Waals surface area (Å²) in [6, 6.07) is 9.73. The molecule has 30 heavy (non-hydrogen) atoms. The van der Waals surface area contributed by atoms with E-state index in [4.69, 9.17) is 16.6 Å². The number of amides is 1. The highest BCUT2D eigenvalue weighted by Gasteiger charge is 2.22. The lowest BCUT2D eigenvalue weighted by Crippen LogP contribution is -2.33. The highest BCUT2D eigenvalue weighted by Crippen LogP contribution is 2.33. The van der Waals surface area contributed by atoms with Crippen LogP contribution in [0.3, 0.4) is 0 Å². The molecule has 1 amide bonds. The van der Waals surface area contributed by atoms with Crippen LogP contribution in [-0.2, 0) is 9.84 Å². The quantitative estimate of drug-likeness (QED) is 0.521. The lowest BCUT2D eigenvalue weighted by atomic mass is 10.2. The molecule has 2 aromatic carbocycles. The van der Waals surface area contributed by atoms with Crippen molar-refractivity contribution < 1.29 is 13.2 Å². The first-order valence-corrected chi connectivity index (χ1v) is 12.5. The van der Waals surface area contributed by atoms with E-state index in [9.17, 15) is 13.2 Å². The smallest absolute Gasteiger partial charge is 0.260 e. The summed E-state index contributed by atoms with van der Waals surface area (Å²) in [5.41, 5.74) is 2.21. The average Bonchev–Trinajstić information content (AvgIpc) is 3.08. The number of rotatable bonds is 7. The van der Waals surface area contributed by atoms with E-state index in [2.05, 4.69) is 4.90 Å². The van der Waals surface area contributed by atoms with Gasteiger partial charge in [0.2, 0.25) is 0 Å². The molecule has 0 aliphatic rings. The molecule has 3 aromatic rings. The second-order valence-corrected chi connectivity index (χ2v) is 10.9. The van der Waals surface area contributed by atoms with Gasteiger partial charge in [-0.3, -0.25) is 9.69 Å². The standard InChI is InChI=1S/C21H24ClN3O3S2/c1-14-12-16(22)13-18-19(14)23-21(29-18)25(11-5-10-24(2)3)20(26)15-6-8-17(9-7-15)30(4,27)28/h6-9,12-13H,5,10-11H2,1-4H3. The Morgan fingerprint density at radius 1 is 1.13 bits per heavy atom. The molecule has 0 saturated carbocycles. The molecule has 0 aliphatic carbocycles. The molecule has 0 unspecified atom stereocenters. The van der Waals surface area contributed by atoms with Crippen molar-refractivity contribution in [3.8, 4) is 0 Å². The lowest BCUT2D eigenvalue weighted by molar-refractivity contribution is 0.0986. The largest absolute Gasteiger partial charge is 0.309 e. The van der Waals surface area contributed by atoms with Gasteiger partial charge in [0, 0.05) is 23.4 Å². The molecule has 1 aromatic heterocycles. The number of nitrogens with zero attached hydrogens (tertiary/aromatic N) is 3. The summed E-state index contributed by atoms with van der Waals surface area (Å²) in [4.78, 5) is 21.9. The number of hydrogen-bond donors (Lipinski definition) is 0. The molecule has 1 heterocycles. The Balaban J connectivity index is 1.98. The lowest BCUT2D eigenvalue weighted by Gasteiger charge is -2.21. The summed E-state index contributed by atoms with van der Waals surface area (Å²) in [7, 11) is 0.650. The molecule has 0 bridgehead atoms. The Hall–Kier alpha value is -2.00. The SMILES string of the molecule is Cc1cc(Cl)cc2sc(N(CCCN(C)C)C(=O)c3ccc(S(C)(=O)=O)cc3)nc12. The molecule has 0 spiro atoms. The van der Waals surface area contributed by atoms with Crippen LogP contribution in [0.2, 0.25) is 5.02 Å². The zero-order valence-corrected chi connectivity index (χ0v) is 19.7. The van der Waals surface area contributed by atoms with Crippen LogP contribution in [0.15, 0.2) is 41.3 Å². The number of benzene rings is 2. The summed E-state index contributed by atoms with van der Waals surface area (Å²) in [5, 5.41) is 1.24. The van der Waals surface area contributed by atoms with Crippen molar-refractivity contribution in [2.75, 3.05) is 38.3 Å². The van der Waals surface area contributed by atoms with E-state index in [1.54, 1.807) is 17.0 Å². The van der Waals surface area contributed by atoms with Crippen LogP contribution in [0.4, 0.5) is 5.13 Å². The van der Waals surface area contributed by atoms with Crippen molar-refractivity contribution in [2.24, 2.45) is 0 Å². The van der Waals surface area contributed by atoms with Crippen LogP contribution in [0.1, 0.15) is 22.3 Å². The third-order valence-corrected chi connectivity index (χ3v) is 7.00. The molecule has 9 heteroatoms. The highest BCUT2D eigenvalue weighted by atomic mass is 35.5. The Kier molecular flexibility index (Phi) is 6.81. The molecular weight excluding hydrogens is 442 g/mol. The van der Waals surface area contributed by atoms with Gasteiger partial charge >= 0.3 is 0 Å². The number of carbonyl (C=O) groups excluding carboxylic acids is 1. The van der Waals surface area contributed by atoms with Crippen molar-refractivity contribution >= 4 is 54.0 Å². The van der Waals surface area contributed by atoms with E-state index in [1.165, 1.54) is 23.5 Å². The number of carbonyl (C=O) groups is 1. The van der Waals surface area contributed by atoms with Crippen LogP contribution < -0.4 is 4.90 Å². The van der Waals surface area contributed by atoms with E-state index < -0.39 is 9.84 Å². The minimum absolute atomic E-state index is 0.184. The fourth-order valence-electron chi connectivity index (χ4n) is 3.09. The zero-order valence-electron chi connectivity index (χ0n) is 17.3. The van der Waals surface area contributed by atoms with Crippen LogP contribution in [-0.4, -0.2) is 57.6 Å². The van der Waals surface area contributed by atoms with E-state index in [1.807, 2.05) is 33.2 Å². The van der Waals surface area contributed by atoms with Crippen LogP contribution in [0.5, 0.6) is 0 Å². The number of thiazole rings is 1. The van der Waals surface area contributed by atoms with E-state index in [-0.39, 0.29) is 10.8 Å². The van der Waals surface area contributed by atoms with Crippen molar-refractivity contribution in [1.29, 1.82) is 0 Å². The number of aryl methyl sites for hydroxylation is 1. The summed E-state index contributed by atoms with van der Waals surface area (Å²) in [6.45, 7) is 3.27. The number of hydrogen-bond acceptors (Lipinski definition) is 6. The van der Waals surface area contributed by atoms with Crippen LogP contribution in [0.25, 0.3) is 10.2 Å². The van der Waals surface area contributed by atoms with Crippen molar-refractivity contribution in [3.05, 3.63) is 52.5 Å². The number of aromatic nitrogens is 1. The van der Waals surface area contributed by atoms with Crippen molar-refractivity contribution in [1.82, 2.24) is 9.88 Å². The summed E-state index contributed by atoms with van der Waals surface area (Å²) in [5.74, 6) is -0.211. The van der Waals surface area contributed by atoms with Gasteiger partial charge in [0.25, 0.3) is 5.91 Å². The monoisotopic (exact) mass is 465 g/mol. The molecule has 6 nitrogen and oxygen atoms in total. The summed E-state index contributed by atoms with van der Waals surface area (Å²) < 4.78 is 24.4. The zero-order chi connectivity index (χ0) is 22.1. The van der Waals surface area contributed by atoms with Gasteiger partial charge in [-0.1, -0.05) is 22.9 Å². The van der Waals surface area contributed by atoms with Gasteiger partial charge < -0.3 is 4.90 Å². The van der Waals surface area contributed by atoms with Gasteiger partial charge in [-0.25, -0.2) is 13.4 Å². The molecule has 0 saturated heterocycles. The molecule has 0 N–H and O–H groups in total. The Bertz CT molecular complexity index is 1170. The number of fused-ring (bicyclic) bond motifs is 1. The van der Waals surface area contributed by atoms with E-state index in [0.717, 1.165) is 35.0 Å². The minimum atomic E-state index is -3.32. The normalized spacial score (nSPS) is 11.9. The van der Waals surface area contributed by atoms with Gasteiger partial charge in [-0.05, 0) is 75.9 Å². The van der Waals surface area contributed by atoms with Gasteiger partial charge in [-0.15, -0.1) is 0 Å². The molecule has 0 fully saturated rings. The van der Waals surface area contributed by atoms with Gasteiger partial charge in [0.15, 0.2) is 15.0 Å². The predicted molar refractivity (Wildman–Crippen MR) is 124 cm³/mol. The van der Waals surface area contributed by atoms with E-state index in [0.29, 0.717) is 22.3 Å². The van der Waals surface area contributed by atoms with Gasteiger partial charge in [0.05, 0.1) is 15.1 Å². The molecule has 3 rings (SSSR count). The maximum atomic E-state index is 13.3. The molecule has 0 radical (unpaired) electrons. The second kappa shape index (κ2) is 9.01. The van der Waals surface area contributed by atoms with Crippen LogP contribution >= 0.6 is 22.9 Å². The predicted octanol–water partition coefficient (Wildman–Crippen LogP) is 4.26. The fraction of sp³-hybridized carbons (Fsp3) is 0.333. The van der Waals surface area contributed by atoms with Gasteiger partial charge in [-0.2, -0.15) is 0 Å². The average molecular weight is 466 g/mol. The van der Waals surface area contributed by atoms with Crippen molar-refractivity contribution in [3.63, 3.8) is 0 Å². The van der Waals surface area contributed by atoms with Gasteiger partial charge in [0.1, 0.15) is 0 Å². The summed E-state index contributed by atoms with van der Waals surface area (Å²) in [6.07, 6.45) is 1.92. The third-order valence-electron chi connectivity index (χ3n) is 4.63. The summed E-state index contributed by atoms with van der Waals surface area (Å²) >= 11 is 7.61. The molecule has 160 valence electrons. The Labute approximate surface area is 186 Å². The maximum Gasteiger partial charge on any atom is 0.260 e. The van der Waals surface area contributed by atoms with E-state index >= 15 is 0 Å². The third kappa shape index (κ3) is 5.18. The molecule has 0 atom stereocenters. The Morgan fingerprint density at radius 3 is 2.40 bits per heavy atom. The fourth-order valence-corrected chi connectivity index (χ4v) is 5.16.